The van der Waals surface area contributed by atoms with Gasteiger partial charge in [-0.05, 0) is 67.5 Å². The van der Waals surface area contributed by atoms with Crippen molar-refractivity contribution in [3.05, 3.63) is 59.7 Å². The Kier molecular flexibility index (Phi) is 7.10. The Labute approximate surface area is 190 Å². The molecule has 2 aromatic rings. The topological polar surface area (TPSA) is 61.9 Å². The Morgan fingerprint density at radius 3 is 2.47 bits per heavy atom. The second kappa shape index (κ2) is 10.2. The number of piperidine rings is 1. The molecule has 2 aromatic carbocycles. The maximum absolute atomic E-state index is 13.6. The molecule has 1 N–H and O–H groups in total. The highest BCUT2D eigenvalue weighted by molar-refractivity contribution is 5.93. The fourth-order valence-electron chi connectivity index (χ4n) is 4.67. The van der Waals surface area contributed by atoms with Gasteiger partial charge in [0.15, 0.2) is 0 Å². The number of carbonyl (C=O) groups excluding carboxylic acids is 2. The van der Waals surface area contributed by atoms with Gasteiger partial charge in [-0.3, -0.25) is 14.5 Å². The van der Waals surface area contributed by atoms with Crippen LogP contribution in [-0.2, 0) is 16.0 Å². The van der Waals surface area contributed by atoms with Crippen molar-refractivity contribution >= 4 is 17.5 Å². The lowest BCUT2D eigenvalue weighted by atomic mass is 9.90. The van der Waals surface area contributed by atoms with E-state index in [2.05, 4.69) is 18.3 Å². The molecule has 2 aliphatic heterocycles. The Morgan fingerprint density at radius 1 is 1.03 bits per heavy atom. The van der Waals surface area contributed by atoms with Gasteiger partial charge >= 0.3 is 0 Å². The van der Waals surface area contributed by atoms with Crippen molar-refractivity contribution in [3.8, 4) is 5.75 Å². The number of hydrogen-bond donors (Lipinski definition) is 1. The minimum absolute atomic E-state index is 0.112. The average Bonchev–Trinajstić information content (AvgIpc) is 2.80. The van der Waals surface area contributed by atoms with Gasteiger partial charge in [0.05, 0.1) is 13.2 Å². The minimum atomic E-state index is -0.403. The van der Waals surface area contributed by atoms with Crippen molar-refractivity contribution < 1.29 is 14.3 Å². The third-order valence-electron chi connectivity index (χ3n) is 6.51. The molecule has 1 atom stereocenters. The number of rotatable bonds is 6. The lowest BCUT2D eigenvalue weighted by molar-refractivity contribution is -0.139. The van der Waals surface area contributed by atoms with Crippen molar-refractivity contribution in [3.63, 3.8) is 0 Å². The van der Waals surface area contributed by atoms with Crippen molar-refractivity contribution in [1.29, 1.82) is 0 Å². The van der Waals surface area contributed by atoms with Crippen LogP contribution in [0.5, 0.6) is 5.75 Å². The molecule has 0 bridgehead atoms. The molecule has 0 aromatic heterocycles. The maximum Gasteiger partial charge on any atom is 0.244 e. The van der Waals surface area contributed by atoms with Gasteiger partial charge in [0.25, 0.3) is 0 Å². The summed E-state index contributed by atoms with van der Waals surface area (Å²) in [6, 6.07) is 15.1. The summed E-state index contributed by atoms with van der Waals surface area (Å²) in [6.07, 6.45) is 2.92. The summed E-state index contributed by atoms with van der Waals surface area (Å²) < 4.78 is 5.46. The van der Waals surface area contributed by atoms with Crippen molar-refractivity contribution in [2.45, 2.75) is 39.2 Å². The maximum atomic E-state index is 13.6. The summed E-state index contributed by atoms with van der Waals surface area (Å²) >= 11 is 0. The summed E-state index contributed by atoms with van der Waals surface area (Å²) in [7, 11) is 0. The average molecular weight is 436 g/mol. The Balaban J connectivity index is 1.48. The SMILES string of the molecule is CCOc1ccc(NC(=O)CN2CCc3ccccc3[C@@H]2C(=O)N2CCC(C)CC2)cc1. The molecule has 4 rings (SSSR count). The predicted octanol–water partition coefficient (Wildman–Crippen LogP) is 3.88. The number of nitrogens with one attached hydrogen (secondary N) is 1. The van der Waals surface area contributed by atoms with Crippen LogP contribution in [0, 0.1) is 5.92 Å². The lowest BCUT2D eigenvalue weighted by Crippen LogP contribution is -2.50. The normalized spacial score (nSPS) is 19.3. The predicted molar refractivity (Wildman–Crippen MR) is 126 cm³/mol. The molecule has 0 radical (unpaired) electrons. The number of ether oxygens (including phenoxy) is 1. The molecule has 1 fully saturated rings. The summed E-state index contributed by atoms with van der Waals surface area (Å²) in [5.41, 5.74) is 2.97. The molecule has 6 heteroatoms. The van der Waals surface area contributed by atoms with Crippen LogP contribution in [0.3, 0.4) is 0 Å². The number of fused-ring (bicyclic) bond motifs is 1. The summed E-state index contributed by atoms with van der Waals surface area (Å²) in [5.74, 6) is 1.45. The van der Waals surface area contributed by atoms with Crippen molar-refractivity contribution in [1.82, 2.24) is 9.80 Å². The van der Waals surface area contributed by atoms with Gasteiger partial charge in [0.2, 0.25) is 11.8 Å². The van der Waals surface area contributed by atoms with Crippen LogP contribution in [-0.4, -0.2) is 54.4 Å². The minimum Gasteiger partial charge on any atom is -0.494 e. The van der Waals surface area contributed by atoms with Crippen molar-refractivity contribution in [2.75, 3.05) is 38.1 Å². The summed E-state index contributed by atoms with van der Waals surface area (Å²) in [5, 5.41) is 2.97. The van der Waals surface area contributed by atoms with E-state index in [1.165, 1.54) is 5.56 Å². The molecule has 2 heterocycles. The number of anilines is 1. The van der Waals surface area contributed by atoms with Gasteiger partial charge in [-0.15, -0.1) is 0 Å². The summed E-state index contributed by atoms with van der Waals surface area (Å²) in [6.45, 7) is 7.25. The molecule has 0 unspecified atom stereocenters. The number of hydrogen-bond acceptors (Lipinski definition) is 4. The molecule has 1 saturated heterocycles. The molecular formula is C26H33N3O3. The monoisotopic (exact) mass is 435 g/mol. The van der Waals surface area contributed by atoms with Crippen LogP contribution >= 0.6 is 0 Å². The molecule has 170 valence electrons. The third-order valence-corrected chi connectivity index (χ3v) is 6.51. The Bertz CT molecular complexity index is 936. The van der Waals surface area contributed by atoms with Crippen LogP contribution in [0.1, 0.15) is 43.9 Å². The molecule has 6 nitrogen and oxygen atoms in total. The molecule has 0 saturated carbocycles. The fourth-order valence-corrected chi connectivity index (χ4v) is 4.67. The van der Waals surface area contributed by atoms with Gasteiger partial charge in [-0.1, -0.05) is 31.2 Å². The number of likely N-dealkylation sites (tertiary alicyclic amines) is 1. The first-order valence-electron chi connectivity index (χ1n) is 11.7. The van der Waals surface area contributed by atoms with Gasteiger partial charge in [-0.2, -0.15) is 0 Å². The van der Waals surface area contributed by atoms with Crippen LogP contribution in [0.25, 0.3) is 0 Å². The standard InChI is InChI=1S/C26H33N3O3/c1-3-32-22-10-8-21(9-11-22)27-24(30)18-29-17-14-20-6-4-5-7-23(20)25(29)26(31)28-15-12-19(2)13-16-28/h4-11,19,25H,3,12-18H2,1-2H3,(H,27,30)/t25-/m1/s1. The van der Waals surface area contributed by atoms with E-state index in [-0.39, 0.29) is 18.4 Å². The number of nitrogens with zero attached hydrogens (tertiary/aromatic N) is 2. The van der Waals surface area contributed by atoms with Gasteiger partial charge in [0, 0.05) is 25.3 Å². The van der Waals surface area contributed by atoms with E-state index in [0.29, 0.717) is 19.1 Å². The zero-order chi connectivity index (χ0) is 22.5. The smallest absolute Gasteiger partial charge is 0.244 e. The molecular weight excluding hydrogens is 402 g/mol. The molecule has 2 amide bonds. The van der Waals surface area contributed by atoms with Gasteiger partial charge in [0.1, 0.15) is 11.8 Å². The largest absolute Gasteiger partial charge is 0.494 e. The highest BCUT2D eigenvalue weighted by atomic mass is 16.5. The first-order valence-corrected chi connectivity index (χ1v) is 11.7. The number of benzene rings is 2. The van der Waals surface area contributed by atoms with Gasteiger partial charge < -0.3 is 15.0 Å². The van der Waals surface area contributed by atoms with E-state index in [1.807, 2.05) is 59.2 Å². The van der Waals surface area contributed by atoms with E-state index in [9.17, 15) is 9.59 Å². The second-order valence-corrected chi connectivity index (χ2v) is 8.84. The van der Waals surface area contributed by atoms with Crippen LogP contribution in [0.4, 0.5) is 5.69 Å². The van der Waals surface area contributed by atoms with E-state index in [4.69, 9.17) is 4.74 Å². The Morgan fingerprint density at radius 2 is 1.75 bits per heavy atom. The second-order valence-electron chi connectivity index (χ2n) is 8.84. The van der Waals surface area contributed by atoms with Gasteiger partial charge in [-0.25, -0.2) is 0 Å². The fraction of sp³-hybridized carbons (Fsp3) is 0.462. The lowest BCUT2D eigenvalue weighted by Gasteiger charge is -2.40. The first-order chi connectivity index (χ1) is 15.5. The molecule has 2 aliphatic rings. The van der Waals surface area contributed by atoms with E-state index in [0.717, 1.165) is 49.4 Å². The van der Waals surface area contributed by atoms with E-state index >= 15 is 0 Å². The van der Waals surface area contributed by atoms with E-state index in [1.54, 1.807) is 0 Å². The Hall–Kier alpha value is -2.86. The quantitative estimate of drug-likeness (QED) is 0.748. The zero-order valence-electron chi connectivity index (χ0n) is 19.0. The molecule has 0 spiro atoms. The highest BCUT2D eigenvalue weighted by Gasteiger charge is 2.37. The molecule has 0 aliphatic carbocycles. The van der Waals surface area contributed by atoms with Crippen molar-refractivity contribution in [2.24, 2.45) is 5.92 Å². The molecule has 32 heavy (non-hydrogen) atoms. The van der Waals surface area contributed by atoms with Crippen LogP contribution in [0.2, 0.25) is 0 Å². The highest BCUT2D eigenvalue weighted by Crippen LogP contribution is 2.32. The van der Waals surface area contributed by atoms with Crippen LogP contribution in [0.15, 0.2) is 48.5 Å². The third kappa shape index (κ3) is 5.13. The number of carbonyl (C=O) groups is 2. The first kappa shape index (κ1) is 22.3. The van der Waals surface area contributed by atoms with Crippen LogP contribution < -0.4 is 10.1 Å². The van der Waals surface area contributed by atoms with E-state index < -0.39 is 6.04 Å². The summed E-state index contributed by atoms with van der Waals surface area (Å²) in [4.78, 5) is 30.5. The number of amides is 2. The zero-order valence-corrected chi connectivity index (χ0v) is 19.0.